The van der Waals surface area contributed by atoms with Crippen molar-refractivity contribution in [2.45, 2.75) is 24.8 Å². The fourth-order valence-corrected chi connectivity index (χ4v) is 2.39. The minimum Gasteiger partial charge on any atom is -0.357 e. The van der Waals surface area contributed by atoms with Gasteiger partial charge in [-0.1, -0.05) is 18.2 Å². The highest BCUT2D eigenvalue weighted by Gasteiger charge is 2.27. The maximum absolute atomic E-state index is 6.03. The van der Waals surface area contributed by atoms with Crippen LogP contribution in [0.25, 0.3) is 10.9 Å². The number of halogens is 1. The minimum atomic E-state index is 0.536. The zero-order valence-corrected chi connectivity index (χ0v) is 10.6. The van der Waals surface area contributed by atoms with Crippen LogP contribution in [0.5, 0.6) is 0 Å². The molecule has 0 bridgehead atoms. The molecule has 1 heterocycles. The molecule has 0 aliphatic heterocycles. The first kappa shape index (κ1) is 10.8. The van der Waals surface area contributed by atoms with Crippen LogP contribution in [0.15, 0.2) is 30.3 Å². The lowest BCUT2D eigenvalue weighted by molar-refractivity contribution is 0.895. The van der Waals surface area contributed by atoms with Gasteiger partial charge in [-0.25, -0.2) is 4.98 Å². The molecule has 1 aliphatic carbocycles. The van der Waals surface area contributed by atoms with Gasteiger partial charge in [-0.2, -0.15) is 0 Å². The third-order valence-corrected chi connectivity index (χ3v) is 3.68. The summed E-state index contributed by atoms with van der Waals surface area (Å²) in [6.07, 6.45) is 2.56. The Hall–Kier alpha value is -1.28. The van der Waals surface area contributed by atoms with Crippen LogP contribution in [-0.2, 0) is 5.88 Å². The van der Waals surface area contributed by atoms with Gasteiger partial charge in [0.25, 0.3) is 0 Å². The molecular formula is C14H15ClN2. The van der Waals surface area contributed by atoms with Gasteiger partial charge in [0.15, 0.2) is 0 Å². The van der Waals surface area contributed by atoms with E-state index in [1.165, 1.54) is 18.4 Å². The number of alkyl halides is 1. The Labute approximate surface area is 106 Å². The number of aromatic nitrogens is 1. The maximum Gasteiger partial charge on any atom is 0.129 e. The second-order valence-corrected chi connectivity index (χ2v) is 4.90. The lowest BCUT2D eigenvalue weighted by atomic mass is 10.1. The highest BCUT2D eigenvalue weighted by molar-refractivity contribution is 6.18. The van der Waals surface area contributed by atoms with Crippen LogP contribution in [-0.4, -0.2) is 18.1 Å². The molecule has 2 nitrogen and oxygen atoms in total. The fourth-order valence-electron chi connectivity index (χ4n) is 2.17. The number of fused-ring (bicyclic) bond motifs is 1. The van der Waals surface area contributed by atoms with Gasteiger partial charge in [0.05, 0.1) is 5.52 Å². The maximum atomic E-state index is 6.03. The van der Waals surface area contributed by atoms with E-state index in [4.69, 9.17) is 16.6 Å². The van der Waals surface area contributed by atoms with Gasteiger partial charge in [0.1, 0.15) is 5.82 Å². The monoisotopic (exact) mass is 246 g/mol. The molecule has 88 valence electrons. The van der Waals surface area contributed by atoms with E-state index in [0.29, 0.717) is 11.9 Å². The molecule has 2 aromatic rings. The summed E-state index contributed by atoms with van der Waals surface area (Å²) < 4.78 is 0. The Kier molecular flexibility index (Phi) is 2.67. The highest BCUT2D eigenvalue weighted by atomic mass is 35.5. The molecule has 1 fully saturated rings. The van der Waals surface area contributed by atoms with Crippen LogP contribution < -0.4 is 4.90 Å². The van der Waals surface area contributed by atoms with Crippen LogP contribution in [0, 0.1) is 0 Å². The van der Waals surface area contributed by atoms with Gasteiger partial charge < -0.3 is 4.90 Å². The minimum absolute atomic E-state index is 0.536. The third-order valence-electron chi connectivity index (χ3n) is 3.39. The van der Waals surface area contributed by atoms with Gasteiger partial charge in [0.2, 0.25) is 0 Å². The van der Waals surface area contributed by atoms with Crippen molar-refractivity contribution in [3.63, 3.8) is 0 Å². The number of hydrogen-bond acceptors (Lipinski definition) is 2. The number of para-hydroxylation sites is 1. The number of nitrogens with zero attached hydrogens (tertiary/aromatic N) is 2. The van der Waals surface area contributed by atoms with Gasteiger partial charge in [-0.05, 0) is 30.5 Å². The van der Waals surface area contributed by atoms with Crippen molar-refractivity contribution in [3.8, 4) is 0 Å². The van der Waals surface area contributed by atoms with Crippen LogP contribution in [0.2, 0.25) is 0 Å². The van der Waals surface area contributed by atoms with Crippen molar-refractivity contribution in [2.75, 3.05) is 11.9 Å². The first-order valence-electron chi connectivity index (χ1n) is 5.97. The summed E-state index contributed by atoms with van der Waals surface area (Å²) in [6, 6.07) is 11.0. The van der Waals surface area contributed by atoms with Crippen LogP contribution in [0.4, 0.5) is 5.82 Å². The molecule has 0 spiro atoms. The van der Waals surface area contributed by atoms with Crippen molar-refractivity contribution in [2.24, 2.45) is 0 Å². The van der Waals surface area contributed by atoms with Crippen LogP contribution in [0.1, 0.15) is 18.4 Å². The fraction of sp³-hybridized carbons (Fsp3) is 0.357. The molecule has 1 saturated carbocycles. The van der Waals surface area contributed by atoms with Crippen molar-refractivity contribution in [1.82, 2.24) is 4.98 Å². The molecule has 0 saturated heterocycles. The second-order valence-electron chi connectivity index (χ2n) is 4.63. The number of benzene rings is 1. The number of pyridine rings is 1. The van der Waals surface area contributed by atoms with E-state index < -0.39 is 0 Å². The Morgan fingerprint density at radius 2 is 2.12 bits per heavy atom. The molecule has 3 heteroatoms. The van der Waals surface area contributed by atoms with E-state index in [-0.39, 0.29) is 0 Å². The summed E-state index contributed by atoms with van der Waals surface area (Å²) in [5.74, 6) is 1.58. The van der Waals surface area contributed by atoms with Gasteiger partial charge in [0, 0.05) is 24.4 Å². The Bertz CT molecular complexity index is 549. The smallest absolute Gasteiger partial charge is 0.129 e. The highest BCUT2D eigenvalue weighted by Crippen LogP contribution is 2.31. The van der Waals surface area contributed by atoms with Crippen molar-refractivity contribution >= 4 is 28.3 Å². The first-order valence-corrected chi connectivity index (χ1v) is 6.50. The van der Waals surface area contributed by atoms with Crippen LogP contribution >= 0.6 is 11.6 Å². The Morgan fingerprint density at radius 3 is 2.82 bits per heavy atom. The van der Waals surface area contributed by atoms with Crippen molar-refractivity contribution in [1.29, 1.82) is 0 Å². The van der Waals surface area contributed by atoms with E-state index in [0.717, 1.165) is 16.7 Å². The summed E-state index contributed by atoms with van der Waals surface area (Å²) in [7, 11) is 2.12. The lowest BCUT2D eigenvalue weighted by Crippen LogP contribution is -2.20. The molecule has 1 aliphatic rings. The number of rotatable bonds is 3. The zero-order valence-electron chi connectivity index (χ0n) is 9.86. The lowest BCUT2D eigenvalue weighted by Gasteiger charge is -2.19. The molecule has 0 radical (unpaired) electrons. The quantitative estimate of drug-likeness (QED) is 0.770. The van der Waals surface area contributed by atoms with E-state index in [2.05, 4.69) is 30.1 Å². The Morgan fingerprint density at radius 1 is 1.35 bits per heavy atom. The van der Waals surface area contributed by atoms with Gasteiger partial charge in [-0.3, -0.25) is 0 Å². The van der Waals surface area contributed by atoms with Gasteiger partial charge >= 0.3 is 0 Å². The number of hydrogen-bond donors (Lipinski definition) is 0. The summed E-state index contributed by atoms with van der Waals surface area (Å²) in [5.41, 5.74) is 2.20. The summed E-state index contributed by atoms with van der Waals surface area (Å²) in [5, 5.41) is 1.16. The van der Waals surface area contributed by atoms with Gasteiger partial charge in [-0.15, -0.1) is 11.6 Å². The molecule has 1 aromatic carbocycles. The topological polar surface area (TPSA) is 16.1 Å². The van der Waals surface area contributed by atoms with Crippen LogP contribution in [0.3, 0.4) is 0 Å². The van der Waals surface area contributed by atoms with E-state index in [9.17, 15) is 0 Å². The molecule has 0 amide bonds. The van der Waals surface area contributed by atoms with Crippen molar-refractivity contribution in [3.05, 3.63) is 35.9 Å². The molecule has 1 aromatic heterocycles. The number of anilines is 1. The molecule has 17 heavy (non-hydrogen) atoms. The first-order chi connectivity index (χ1) is 8.29. The predicted molar refractivity (Wildman–Crippen MR) is 72.7 cm³/mol. The standard InChI is InChI=1S/C14H15ClN2/c1-17(11-6-7-11)14-8-10(9-15)12-4-2-3-5-13(12)16-14/h2-5,8,11H,6-7,9H2,1H3. The zero-order chi connectivity index (χ0) is 11.8. The molecule has 3 rings (SSSR count). The average molecular weight is 247 g/mol. The molecule has 0 atom stereocenters. The SMILES string of the molecule is CN(c1cc(CCl)c2ccccc2n1)C1CC1. The van der Waals surface area contributed by atoms with E-state index in [1.54, 1.807) is 0 Å². The van der Waals surface area contributed by atoms with E-state index in [1.807, 2.05) is 12.1 Å². The molecule has 0 unspecified atom stereocenters. The normalized spacial score (nSPS) is 15.2. The average Bonchev–Trinajstić information content (AvgIpc) is 3.20. The third kappa shape index (κ3) is 1.98. The largest absolute Gasteiger partial charge is 0.357 e. The molecule has 0 N–H and O–H groups in total. The Balaban J connectivity index is 2.13. The predicted octanol–water partition coefficient (Wildman–Crippen LogP) is 3.57. The summed E-state index contributed by atoms with van der Waals surface area (Å²) >= 11 is 6.03. The second kappa shape index (κ2) is 4.19. The summed E-state index contributed by atoms with van der Waals surface area (Å²) in [4.78, 5) is 6.98. The molecular weight excluding hydrogens is 232 g/mol. The van der Waals surface area contributed by atoms with Crippen molar-refractivity contribution < 1.29 is 0 Å². The van der Waals surface area contributed by atoms with E-state index >= 15 is 0 Å². The summed E-state index contributed by atoms with van der Waals surface area (Å²) in [6.45, 7) is 0.